The van der Waals surface area contributed by atoms with Gasteiger partial charge < -0.3 is 19.7 Å². The third-order valence-electron chi connectivity index (χ3n) is 6.72. The molecule has 0 aliphatic carbocycles. The Kier molecular flexibility index (Phi) is 12.8. The van der Waals surface area contributed by atoms with Gasteiger partial charge in [0.1, 0.15) is 0 Å². The van der Waals surface area contributed by atoms with E-state index in [0.29, 0.717) is 23.3 Å². The maximum atomic E-state index is 11.1. The zero-order valence-electron chi connectivity index (χ0n) is 22.1. The molecule has 0 spiro atoms. The van der Waals surface area contributed by atoms with Crippen LogP contribution in [0.3, 0.4) is 0 Å². The van der Waals surface area contributed by atoms with E-state index in [9.17, 15) is 10.2 Å². The van der Waals surface area contributed by atoms with Crippen LogP contribution in [-0.4, -0.2) is 24.4 Å². The van der Waals surface area contributed by atoms with Crippen molar-refractivity contribution in [2.24, 2.45) is 5.92 Å². The quantitative estimate of drug-likeness (QED) is 0.355. The molecule has 4 heteroatoms. The minimum atomic E-state index is -0.0253. The summed E-state index contributed by atoms with van der Waals surface area (Å²) in [5.74, 6) is 2.00. The Bertz CT molecular complexity index is 821. The van der Waals surface area contributed by atoms with E-state index in [1.165, 1.54) is 18.4 Å². The number of methoxy groups -OCH3 is 2. The predicted octanol–water partition coefficient (Wildman–Crippen LogP) is 8.39. The summed E-state index contributed by atoms with van der Waals surface area (Å²) in [5.41, 5.74) is 3.10. The molecule has 0 fully saturated rings. The van der Waals surface area contributed by atoms with Crippen molar-refractivity contribution in [2.45, 2.75) is 91.9 Å². The summed E-state index contributed by atoms with van der Waals surface area (Å²) in [4.78, 5) is 0. The standard InChI is InChI=1S/C25H36O4.C4H10/c1-7-16(8-2)19-13-20(25(27)23(15-19)29-6)24(17(9-3)10-4)18-11-12-21(26)22(14-18)28-5;1-3-4-2/h11-17,24,26-27H,7-10H2,1-6H3;3-4H2,1-2H3. The van der Waals surface area contributed by atoms with E-state index in [1.54, 1.807) is 20.3 Å². The largest absolute Gasteiger partial charge is 0.504 e. The second-order valence-corrected chi connectivity index (χ2v) is 8.66. The Hall–Kier alpha value is -2.36. The number of hydrogen-bond donors (Lipinski definition) is 2. The second kappa shape index (κ2) is 14.7. The highest BCUT2D eigenvalue weighted by atomic mass is 16.5. The van der Waals surface area contributed by atoms with Crippen LogP contribution < -0.4 is 9.47 Å². The molecule has 0 aliphatic rings. The van der Waals surface area contributed by atoms with E-state index in [2.05, 4.69) is 47.6 Å². The molecule has 0 amide bonds. The topological polar surface area (TPSA) is 58.9 Å². The fourth-order valence-electron chi connectivity index (χ4n) is 4.39. The van der Waals surface area contributed by atoms with Gasteiger partial charge in [0, 0.05) is 11.5 Å². The Morgan fingerprint density at radius 2 is 1.24 bits per heavy atom. The molecule has 0 radical (unpaired) electrons. The fourth-order valence-corrected chi connectivity index (χ4v) is 4.39. The van der Waals surface area contributed by atoms with Crippen molar-refractivity contribution in [1.82, 2.24) is 0 Å². The summed E-state index contributed by atoms with van der Waals surface area (Å²) in [6.45, 7) is 13.1. The van der Waals surface area contributed by atoms with Crippen LogP contribution >= 0.6 is 0 Å². The summed E-state index contributed by atoms with van der Waals surface area (Å²) in [6.07, 6.45) is 6.65. The minimum Gasteiger partial charge on any atom is -0.504 e. The van der Waals surface area contributed by atoms with Crippen LogP contribution in [0.1, 0.15) is 109 Å². The zero-order chi connectivity index (χ0) is 25.0. The third-order valence-corrected chi connectivity index (χ3v) is 6.72. The lowest BCUT2D eigenvalue weighted by Crippen LogP contribution is -2.15. The Labute approximate surface area is 202 Å². The van der Waals surface area contributed by atoms with E-state index in [0.717, 1.165) is 36.8 Å². The van der Waals surface area contributed by atoms with Gasteiger partial charge in [0.25, 0.3) is 0 Å². The van der Waals surface area contributed by atoms with Crippen molar-refractivity contribution in [2.75, 3.05) is 14.2 Å². The molecule has 0 aliphatic heterocycles. The van der Waals surface area contributed by atoms with Gasteiger partial charge in [0.2, 0.25) is 0 Å². The van der Waals surface area contributed by atoms with Crippen LogP contribution in [0.2, 0.25) is 0 Å². The van der Waals surface area contributed by atoms with Crippen molar-refractivity contribution in [3.8, 4) is 23.0 Å². The molecular weight excluding hydrogens is 412 g/mol. The molecule has 0 aromatic heterocycles. The van der Waals surface area contributed by atoms with Crippen LogP contribution in [-0.2, 0) is 0 Å². The molecule has 2 rings (SSSR count). The van der Waals surface area contributed by atoms with Gasteiger partial charge in [-0.25, -0.2) is 0 Å². The molecule has 0 saturated carbocycles. The molecule has 1 atom stereocenters. The highest BCUT2D eigenvalue weighted by Gasteiger charge is 2.28. The summed E-state index contributed by atoms with van der Waals surface area (Å²) in [6, 6.07) is 9.60. The number of rotatable bonds is 11. The minimum absolute atomic E-state index is 0.0253. The molecule has 2 aromatic rings. The highest BCUT2D eigenvalue weighted by Crippen LogP contribution is 2.46. The lowest BCUT2D eigenvalue weighted by Gasteiger charge is -2.29. The highest BCUT2D eigenvalue weighted by molar-refractivity contribution is 5.55. The third kappa shape index (κ3) is 7.31. The Morgan fingerprint density at radius 1 is 0.697 bits per heavy atom. The smallest absolute Gasteiger partial charge is 0.161 e. The van der Waals surface area contributed by atoms with E-state index >= 15 is 0 Å². The van der Waals surface area contributed by atoms with Crippen LogP contribution in [0, 0.1) is 5.92 Å². The van der Waals surface area contributed by atoms with E-state index < -0.39 is 0 Å². The van der Waals surface area contributed by atoms with Crippen molar-refractivity contribution >= 4 is 0 Å². The molecule has 4 nitrogen and oxygen atoms in total. The van der Waals surface area contributed by atoms with Crippen molar-refractivity contribution < 1.29 is 19.7 Å². The number of ether oxygens (including phenoxy) is 2. The molecule has 1 unspecified atom stereocenters. The number of phenols is 2. The number of unbranched alkanes of at least 4 members (excludes halogenated alkanes) is 1. The van der Waals surface area contributed by atoms with Crippen LogP contribution in [0.5, 0.6) is 23.0 Å². The molecule has 33 heavy (non-hydrogen) atoms. The van der Waals surface area contributed by atoms with E-state index in [-0.39, 0.29) is 17.4 Å². The normalized spacial score (nSPS) is 11.8. The predicted molar refractivity (Wildman–Crippen MR) is 139 cm³/mol. The van der Waals surface area contributed by atoms with Gasteiger partial charge in [-0.05, 0) is 54.0 Å². The summed E-state index contributed by atoms with van der Waals surface area (Å²) in [7, 11) is 3.16. The lowest BCUT2D eigenvalue weighted by atomic mass is 9.76. The first-order valence-electron chi connectivity index (χ1n) is 12.6. The van der Waals surface area contributed by atoms with Gasteiger partial charge in [-0.3, -0.25) is 0 Å². The van der Waals surface area contributed by atoms with Crippen LogP contribution in [0.15, 0.2) is 30.3 Å². The molecule has 0 heterocycles. The van der Waals surface area contributed by atoms with Gasteiger partial charge in [-0.2, -0.15) is 0 Å². The van der Waals surface area contributed by atoms with Crippen LogP contribution in [0.25, 0.3) is 0 Å². The molecule has 2 aromatic carbocycles. The van der Waals surface area contributed by atoms with E-state index in [4.69, 9.17) is 9.47 Å². The zero-order valence-corrected chi connectivity index (χ0v) is 22.1. The number of phenolic OH excluding ortho intramolecular Hbond substituents is 2. The van der Waals surface area contributed by atoms with Gasteiger partial charge >= 0.3 is 0 Å². The average Bonchev–Trinajstić information content (AvgIpc) is 2.84. The van der Waals surface area contributed by atoms with Crippen molar-refractivity contribution in [1.29, 1.82) is 0 Å². The van der Waals surface area contributed by atoms with Gasteiger partial charge in [-0.15, -0.1) is 0 Å². The number of benzene rings is 2. The summed E-state index contributed by atoms with van der Waals surface area (Å²) in [5, 5.41) is 21.2. The first kappa shape index (κ1) is 28.7. The molecule has 0 bridgehead atoms. The maximum Gasteiger partial charge on any atom is 0.161 e. The Balaban J connectivity index is 0.00000125. The van der Waals surface area contributed by atoms with Crippen molar-refractivity contribution in [3.05, 3.63) is 47.0 Å². The SMILES string of the molecule is CCC(CC)c1cc(OC)c(O)c(C(c2ccc(O)c(OC)c2)C(CC)CC)c1.CCCC. The van der Waals surface area contributed by atoms with Crippen LogP contribution in [0.4, 0.5) is 0 Å². The fraction of sp³-hybridized carbons (Fsp3) is 0.586. The van der Waals surface area contributed by atoms with Gasteiger partial charge in [0.05, 0.1) is 14.2 Å². The molecular formula is C29H46O4. The van der Waals surface area contributed by atoms with Gasteiger partial charge in [-0.1, -0.05) is 79.4 Å². The summed E-state index contributed by atoms with van der Waals surface area (Å²) < 4.78 is 10.9. The maximum absolute atomic E-state index is 11.1. The average molecular weight is 459 g/mol. The molecule has 0 saturated heterocycles. The first-order valence-corrected chi connectivity index (χ1v) is 12.6. The second-order valence-electron chi connectivity index (χ2n) is 8.66. The molecule has 186 valence electrons. The van der Waals surface area contributed by atoms with Crippen molar-refractivity contribution in [3.63, 3.8) is 0 Å². The lowest BCUT2D eigenvalue weighted by molar-refractivity contribution is 0.358. The number of hydrogen-bond acceptors (Lipinski definition) is 4. The number of aromatic hydroxyl groups is 2. The monoisotopic (exact) mass is 458 g/mol. The first-order chi connectivity index (χ1) is 15.9. The van der Waals surface area contributed by atoms with E-state index in [1.807, 2.05) is 18.2 Å². The summed E-state index contributed by atoms with van der Waals surface area (Å²) >= 11 is 0. The Morgan fingerprint density at radius 3 is 1.70 bits per heavy atom. The molecule has 2 N–H and O–H groups in total. The van der Waals surface area contributed by atoms with Gasteiger partial charge in [0.15, 0.2) is 23.0 Å².